The van der Waals surface area contributed by atoms with Crippen molar-refractivity contribution in [3.63, 3.8) is 0 Å². The van der Waals surface area contributed by atoms with Crippen LogP contribution in [0.25, 0.3) is 0 Å². The van der Waals surface area contributed by atoms with E-state index >= 15 is 0 Å². The number of aromatic carboxylic acids is 1. The summed E-state index contributed by atoms with van der Waals surface area (Å²) in [7, 11) is 1.80. The van der Waals surface area contributed by atoms with Crippen LogP contribution >= 0.6 is 0 Å². The van der Waals surface area contributed by atoms with Gasteiger partial charge in [0, 0.05) is 20.1 Å². The highest BCUT2D eigenvalue weighted by molar-refractivity contribution is 5.87. The van der Waals surface area contributed by atoms with Gasteiger partial charge < -0.3 is 15.3 Å². The van der Waals surface area contributed by atoms with E-state index in [2.05, 4.69) is 5.32 Å². The summed E-state index contributed by atoms with van der Waals surface area (Å²) in [5.41, 5.74) is 1.19. The molecular formula is C15H20N2O3. The van der Waals surface area contributed by atoms with Gasteiger partial charge in [-0.2, -0.15) is 0 Å². The Labute approximate surface area is 118 Å². The normalized spacial score (nSPS) is 13.8. The number of nitrogens with zero attached hydrogens (tertiary/aromatic N) is 1. The van der Waals surface area contributed by atoms with Gasteiger partial charge in [0.05, 0.1) is 5.56 Å². The molecule has 0 radical (unpaired) electrons. The summed E-state index contributed by atoms with van der Waals surface area (Å²) in [5.74, 6) is -0.252. The molecule has 1 aliphatic carbocycles. The number of benzene rings is 1. The quantitative estimate of drug-likeness (QED) is 0.834. The predicted octanol–water partition coefficient (Wildman–Crippen LogP) is 1.98. The number of carboxylic acid groups (broad SMARTS) is 1. The van der Waals surface area contributed by atoms with Crippen molar-refractivity contribution < 1.29 is 14.7 Å². The average molecular weight is 276 g/mol. The van der Waals surface area contributed by atoms with E-state index in [1.165, 1.54) is 12.8 Å². The third-order valence-corrected chi connectivity index (χ3v) is 3.44. The molecule has 0 atom stereocenters. The first-order valence-corrected chi connectivity index (χ1v) is 6.87. The number of rotatable bonds is 6. The Bertz CT molecular complexity index is 498. The third-order valence-electron chi connectivity index (χ3n) is 3.44. The fourth-order valence-corrected chi connectivity index (χ4v) is 2.08. The van der Waals surface area contributed by atoms with Gasteiger partial charge in [0.25, 0.3) is 0 Å². The van der Waals surface area contributed by atoms with E-state index in [1.54, 1.807) is 30.1 Å². The first-order valence-electron chi connectivity index (χ1n) is 6.87. The highest BCUT2D eigenvalue weighted by Crippen LogP contribution is 2.29. The number of carbonyl (C=O) groups is 2. The smallest absolute Gasteiger partial charge is 0.335 e. The number of carboxylic acids is 1. The monoisotopic (exact) mass is 276 g/mol. The van der Waals surface area contributed by atoms with Gasteiger partial charge in [-0.3, -0.25) is 0 Å². The van der Waals surface area contributed by atoms with Gasteiger partial charge in [0.15, 0.2) is 0 Å². The number of urea groups is 1. The van der Waals surface area contributed by atoms with E-state index in [9.17, 15) is 9.59 Å². The van der Waals surface area contributed by atoms with Gasteiger partial charge in [0.2, 0.25) is 0 Å². The maximum Gasteiger partial charge on any atom is 0.335 e. The summed E-state index contributed by atoms with van der Waals surface area (Å²) in [5, 5.41) is 11.8. The van der Waals surface area contributed by atoms with Crippen LogP contribution in [0, 0.1) is 5.92 Å². The van der Waals surface area contributed by atoms with E-state index in [4.69, 9.17) is 5.11 Å². The molecule has 20 heavy (non-hydrogen) atoms. The van der Waals surface area contributed by atoms with Gasteiger partial charge >= 0.3 is 12.0 Å². The van der Waals surface area contributed by atoms with Crippen LogP contribution < -0.4 is 5.32 Å². The lowest BCUT2D eigenvalue weighted by atomic mass is 10.1. The van der Waals surface area contributed by atoms with E-state index in [0.29, 0.717) is 18.9 Å². The summed E-state index contributed by atoms with van der Waals surface area (Å²) in [6.45, 7) is 1.33. The Balaban J connectivity index is 1.75. The Kier molecular flexibility index (Phi) is 4.61. The first kappa shape index (κ1) is 14.4. The van der Waals surface area contributed by atoms with Crippen LogP contribution in [0.1, 0.15) is 28.8 Å². The molecule has 0 aliphatic heterocycles. The van der Waals surface area contributed by atoms with Crippen molar-refractivity contribution in [1.82, 2.24) is 10.2 Å². The lowest BCUT2D eigenvalue weighted by Crippen LogP contribution is -2.39. The molecule has 1 aromatic carbocycles. The minimum absolute atomic E-state index is 0.0636. The maximum atomic E-state index is 11.8. The molecule has 2 amide bonds. The van der Waals surface area contributed by atoms with Crippen molar-refractivity contribution in [2.75, 3.05) is 20.1 Å². The Morgan fingerprint density at radius 1 is 1.40 bits per heavy atom. The molecule has 5 heteroatoms. The van der Waals surface area contributed by atoms with E-state index < -0.39 is 5.97 Å². The van der Waals surface area contributed by atoms with E-state index in [-0.39, 0.29) is 11.6 Å². The number of hydrogen-bond acceptors (Lipinski definition) is 2. The van der Waals surface area contributed by atoms with Gasteiger partial charge in [-0.05, 0) is 42.9 Å². The number of carbonyl (C=O) groups excluding carboxylic acids is 1. The van der Waals surface area contributed by atoms with Crippen molar-refractivity contribution in [2.45, 2.75) is 19.3 Å². The van der Waals surface area contributed by atoms with E-state index in [0.717, 1.165) is 12.1 Å². The molecule has 0 heterocycles. The topological polar surface area (TPSA) is 69.6 Å². The molecule has 1 saturated carbocycles. The van der Waals surface area contributed by atoms with Gasteiger partial charge in [-0.25, -0.2) is 9.59 Å². The number of amides is 2. The molecule has 0 bridgehead atoms. The van der Waals surface area contributed by atoms with E-state index in [1.807, 2.05) is 6.07 Å². The zero-order valence-electron chi connectivity index (χ0n) is 11.6. The summed E-state index contributed by atoms with van der Waals surface area (Å²) in [6.07, 6.45) is 3.07. The predicted molar refractivity (Wildman–Crippen MR) is 75.9 cm³/mol. The lowest BCUT2D eigenvalue weighted by molar-refractivity contribution is 0.0696. The van der Waals surface area contributed by atoms with Crippen molar-refractivity contribution in [3.05, 3.63) is 35.4 Å². The van der Waals surface area contributed by atoms with Crippen LogP contribution in [0.3, 0.4) is 0 Å². The molecule has 1 aliphatic rings. The fraction of sp³-hybridized carbons (Fsp3) is 0.467. The maximum absolute atomic E-state index is 11.8. The highest BCUT2D eigenvalue weighted by atomic mass is 16.4. The summed E-state index contributed by atoms with van der Waals surface area (Å²) in [6, 6.07) is 6.73. The van der Waals surface area contributed by atoms with Gasteiger partial charge in [0.1, 0.15) is 0 Å². The standard InChI is InChI=1S/C15H20N2O3/c1-17(10-12-5-6-12)15(20)16-8-7-11-3-2-4-13(9-11)14(18)19/h2-4,9,12H,5-8,10H2,1H3,(H,16,20)(H,18,19). The first-order chi connectivity index (χ1) is 9.56. The van der Waals surface area contributed by atoms with Crippen LogP contribution in [0.5, 0.6) is 0 Å². The minimum Gasteiger partial charge on any atom is -0.478 e. The summed E-state index contributed by atoms with van der Waals surface area (Å²) < 4.78 is 0. The fourth-order valence-electron chi connectivity index (χ4n) is 2.08. The largest absolute Gasteiger partial charge is 0.478 e. The van der Waals surface area contributed by atoms with Crippen LogP contribution in [-0.2, 0) is 6.42 Å². The Morgan fingerprint density at radius 3 is 2.80 bits per heavy atom. The zero-order valence-corrected chi connectivity index (χ0v) is 11.6. The summed E-state index contributed by atoms with van der Waals surface area (Å²) >= 11 is 0. The molecule has 0 saturated heterocycles. The van der Waals surface area contributed by atoms with Gasteiger partial charge in [-0.1, -0.05) is 12.1 Å². The van der Waals surface area contributed by atoms with Crippen LogP contribution in [0.4, 0.5) is 4.79 Å². The lowest BCUT2D eigenvalue weighted by Gasteiger charge is -2.17. The SMILES string of the molecule is CN(CC1CC1)C(=O)NCCc1cccc(C(=O)O)c1. The van der Waals surface area contributed by atoms with Gasteiger partial charge in [-0.15, -0.1) is 0 Å². The molecule has 5 nitrogen and oxygen atoms in total. The Morgan fingerprint density at radius 2 is 2.15 bits per heavy atom. The van der Waals surface area contributed by atoms with Crippen molar-refractivity contribution in [1.29, 1.82) is 0 Å². The second-order valence-corrected chi connectivity index (χ2v) is 5.31. The van der Waals surface area contributed by atoms with Crippen molar-refractivity contribution in [3.8, 4) is 0 Å². The minimum atomic E-state index is -0.931. The average Bonchev–Trinajstić information content (AvgIpc) is 3.22. The molecule has 0 unspecified atom stereocenters. The second kappa shape index (κ2) is 6.41. The molecule has 2 N–H and O–H groups in total. The molecule has 2 rings (SSSR count). The molecule has 0 spiro atoms. The van der Waals surface area contributed by atoms with Crippen LogP contribution in [0.15, 0.2) is 24.3 Å². The molecular weight excluding hydrogens is 256 g/mol. The summed E-state index contributed by atoms with van der Waals surface area (Å²) in [4.78, 5) is 24.4. The molecule has 1 fully saturated rings. The molecule has 1 aromatic rings. The Hall–Kier alpha value is -2.04. The van der Waals surface area contributed by atoms with Crippen molar-refractivity contribution >= 4 is 12.0 Å². The van der Waals surface area contributed by atoms with Crippen molar-refractivity contribution in [2.24, 2.45) is 5.92 Å². The molecule has 108 valence electrons. The number of nitrogens with one attached hydrogen (secondary N) is 1. The molecule has 0 aromatic heterocycles. The second-order valence-electron chi connectivity index (χ2n) is 5.31. The third kappa shape index (κ3) is 4.26. The van der Waals surface area contributed by atoms with Crippen LogP contribution in [-0.4, -0.2) is 42.1 Å². The van der Waals surface area contributed by atoms with Crippen LogP contribution in [0.2, 0.25) is 0 Å². The zero-order chi connectivity index (χ0) is 14.5. The number of hydrogen-bond donors (Lipinski definition) is 2. The highest BCUT2D eigenvalue weighted by Gasteiger charge is 2.24.